The Bertz CT molecular complexity index is 920. The van der Waals surface area contributed by atoms with Gasteiger partial charge in [-0.15, -0.1) is 0 Å². The van der Waals surface area contributed by atoms with Gasteiger partial charge in [0, 0.05) is 24.6 Å². The van der Waals surface area contributed by atoms with Crippen molar-refractivity contribution in [3.63, 3.8) is 0 Å². The number of methoxy groups -OCH3 is 1. The number of amides is 1. The molecule has 1 atom stereocenters. The Kier molecular flexibility index (Phi) is 5.58. The highest BCUT2D eigenvalue weighted by Gasteiger charge is 2.26. The van der Waals surface area contributed by atoms with Crippen molar-refractivity contribution >= 4 is 17.0 Å². The first kappa shape index (κ1) is 18.5. The Balaban J connectivity index is 1.33. The van der Waals surface area contributed by atoms with E-state index in [-0.39, 0.29) is 11.8 Å². The Hall–Kier alpha value is -2.86. The lowest BCUT2D eigenvalue weighted by Crippen LogP contribution is -2.41. The first-order valence-corrected chi connectivity index (χ1v) is 9.69. The van der Waals surface area contributed by atoms with Crippen LogP contribution >= 0.6 is 0 Å². The first-order chi connectivity index (χ1) is 13.7. The number of hydrogen-bond acceptors (Lipinski definition) is 5. The summed E-state index contributed by atoms with van der Waals surface area (Å²) in [6.07, 6.45) is 2.06. The predicted molar refractivity (Wildman–Crippen MR) is 107 cm³/mol. The summed E-state index contributed by atoms with van der Waals surface area (Å²) in [5.41, 5.74) is 2.69. The molecule has 2 heterocycles. The number of carbonyl (C=O) groups is 1. The minimum atomic E-state index is 0.0177. The van der Waals surface area contributed by atoms with Crippen molar-refractivity contribution in [3.8, 4) is 5.75 Å². The van der Waals surface area contributed by atoms with Crippen LogP contribution in [0.4, 0.5) is 0 Å². The lowest BCUT2D eigenvalue weighted by Gasteiger charge is -2.30. The van der Waals surface area contributed by atoms with Gasteiger partial charge in [-0.3, -0.25) is 9.69 Å². The molecule has 6 heteroatoms. The predicted octanol–water partition coefficient (Wildman–Crippen LogP) is 3.33. The van der Waals surface area contributed by atoms with E-state index in [1.54, 1.807) is 7.11 Å². The fraction of sp³-hybridized carbons (Fsp3) is 0.364. The second-order valence-corrected chi connectivity index (χ2v) is 7.18. The van der Waals surface area contributed by atoms with Crippen LogP contribution in [0.1, 0.15) is 30.2 Å². The minimum Gasteiger partial charge on any atom is -0.496 e. The van der Waals surface area contributed by atoms with E-state index in [2.05, 4.69) is 15.2 Å². The molecule has 1 aromatic heterocycles. The molecule has 0 saturated carbocycles. The zero-order chi connectivity index (χ0) is 19.3. The van der Waals surface area contributed by atoms with Gasteiger partial charge in [0.05, 0.1) is 13.7 Å². The summed E-state index contributed by atoms with van der Waals surface area (Å²) in [5.74, 6) is 1.81. The molecule has 0 bridgehead atoms. The zero-order valence-corrected chi connectivity index (χ0v) is 16.1. The molecule has 4 rings (SSSR count). The molecular formula is C22H25N3O3. The summed E-state index contributed by atoms with van der Waals surface area (Å²) in [6, 6.07) is 15.6. The van der Waals surface area contributed by atoms with Crippen LogP contribution in [0.3, 0.4) is 0 Å². The van der Waals surface area contributed by atoms with E-state index >= 15 is 0 Å². The van der Waals surface area contributed by atoms with Gasteiger partial charge in [-0.1, -0.05) is 30.3 Å². The van der Waals surface area contributed by atoms with Crippen molar-refractivity contribution in [2.75, 3.05) is 26.7 Å². The van der Waals surface area contributed by atoms with Crippen molar-refractivity contribution < 1.29 is 13.9 Å². The van der Waals surface area contributed by atoms with Gasteiger partial charge >= 0.3 is 0 Å². The summed E-state index contributed by atoms with van der Waals surface area (Å²) in [4.78, 5) is 19.3. The number of rotatable bonds is 6. The second kappa shape index (κ2) is 8.44. The third-order valence-electron chi connectivity index (χ3n) is 5.20. The number of carbonyl (C=O) groups excluding carboxylic acids is 1. The number of fused-ring (bicyclic) bond motifs is 1. The van der Waals surface area contributed by atoms with Gasteiger partial charge in [0.2, 0.25) is 5.91 Å². The molecule has 1 N–H and O–H groups in total. The number of nitrogens with one attached hydrogen (secondary N) is 1. The SMILES string of the molecule is COc1ccccc1CNC(=O)CN1CCCC(c2nc3ccccc3o2)C1. The summed E-state index contributed by atoms with van der Waals surface area (Å²) < 4.78 is 11.3. The Morgan fingerprint density at radius 1 is 1.25 bits per heavy atom. The molecule has 0 aliphatic carbocycles. The van der Waals surface area contributed by atoms with Gasteiger partial charge < -0.3 is 14.5 Å². The number of piperidine rings is 1. The molecule has 2 aromatic carbocycles. The molecule has 146 valence electrons. The smallest absolute Gasteiger partial charge is 0.234 e. The van der Waals surface area contributed by atoms with Crippen molar-refractivity contribution in [1.82, 2.24) is 15.2 Å². The summed E-state index contributed by atoms with van der Waals surface area (Å²) in [7, 11) is 1.64. The van der Waals surface area contributed by atoms with E-state index in [0.717, 1.165) is 54.2 Å². The van der Waals surface area contributed by atoms with Gasteiger partial charge in [-0.2, -0.15) is 0 Å². The van der Waals surface area contributed by atoms with Gasteiger partial charge in [0.25, 0.3) is 0 Å². The Labute approximate surface area is 164 Å². The maximum absolute atomic E-state index is 12.4. The van der Waals surface area contributed by atoms with Crippen LogP contribution in [0.2, 0.25) is 0 Å². The van der Waals surface area contributed by atoms with Crippen molar-refractivity contribution in [2.24, 2.45) is 0 Å². The quantitative estimate of drug-likeness (QED) is 0.712. The zero-order valence-electron chi connectivity index (χ0n) is 16.1. The van der Waals surface area contributed by atoms with Gasteiger partial charge in [0.1, 0.15) is 11.3 Å². The average Bonchev–Trinajstić information content (AvgIpc) is 3.17. The number of aromatic nitrogens is 1. The van der Waals surface area contributed by atoms with E-state index in [1.807, 2.05) is 48.5 Å². The van der Waals surface area contributed by atoms with Crippen LogP contribution in [0.5, 0.6) is 5.75 Å². The van der Waals surface area contributed by atoms with Crippen LogP contribution in [-0.2, 0) is 11.3 Å². The topological polar surface area (TPSA) is 67.6 Å². The van der Waals surface area contributed by atoms with Crippen LogP contribution in [0.25, 0.3) is 11.1 Å². The first-order valence-electron chi connectivity index (χ1n) is 9.69. The molecule has 1 fully saturated rings. The normalized spacial score (nSPS) is 17.5. The van der Waals surface area contributed by atoms with Crippen LogP contribution in [0.15, 0.2) is 52.9 Å². The van der Waals surface area contributed by atoms with E-state index in [0.29, 0.717) is 13.1 Å². The van der Waals surface area contributed by atoms with Gasteiger partial charge in [-0.05, 0) is 37.6 Å². The molecule has 0 spiro atoms. The number of likely N-dealkylation sites (tertiary alicyclic amines) is 1. The third-order valence-corrected chi connectivity index (χ3v) is 5.20. The van der Waals surface area contributed by atoms with Crippen molar-refractivity contribution in [1.29, 1.82) is 0 Å². The third kappa shape index (κ3) is 4.17. The molecule has 0 radical (unpaired) electrons. The van der Waals surface area contributed by atoms with Crippen LogP contribution in [-0.4, -0.2) is 42.5 Å². The standard InChI is InChI=1S/C22H25N3O3/c1-27-19-10-4-2-7-16(19)13-23-21(26)15-25-12-6-8-17(14-25)22-24-18-9-3-5-11-20(18)28-22/h2-5,7,9-11,17H,6,8,12-15H2,1H3,(H,23,26). The van der Waals surface area contributed by atoms with Gasteiger partial charge in [0.15, 0.2) is 11.5 Å². The second-order valence-electron chi connectivity index (χ2n) is 7.18. The molecule has 28 heavy (non-hydrogen) atoms. The fourth-order valence-corrected chi connectivity index (χ4v) is 3.77. The number of benzene rings is 2. The fourth-order valence-electron chi connectivity index (χ4n) is 3.77. The maximum Gasteiger partial charge on any atom is 0.234 e. The van der Waals surface area contributed by atoms with E-state index in [1.165, 1.54) is 0 Å². The van der Waals surface area contributed by atoms with E-state index in [4.69, 9.17) is 9.15 Å². The monoisotopic (exact) mass is 379 g/mol. The lowest BCUT2D eigenvalue weighted by molar-refractivity contribution is -0.122. The Morgan fingerprint density at radius 3 is 2.93 bits per heavy atom. The van der Waals surface area contributed by atoms with Crippen LogP contribution in [0, 0.1) is 0 Å². The Morgan fingerprint density at radius 2 is 2.07 bits per heavy atom. The lowest BCUT2D eigenvalue weighted by atomic mass is 9.98. The van der Waals surface area contributed by atoms with E-state index in [9.17, 15) is 4.79 Å². The molecule has 1 saturated heterocycles. The molecule has 3 aromatic rings. The van der Waals surface area contributed by atoms with Crippen molar-refractivity contribution in [3.05, 3.63) is 60.0 Å². The summed E-state index contributed by atoms with van der Waals surface area (Å²) >= 11 is 0. The molecule has 1 unspecified atom stereocenters. The average molecular weight is 379 g/mol. The summed E-state index contributed by atoms with van der Waals surface area (Å²) in [6.45, 7) is 2.55. The van der Waals surface area contributed by atoms with E-state index < -0.39 is 0 Å². The number of ether oxygens (including phenoxy) is 1. The molecule has 1 aliphatic rings. The highest BCUT2D eigenvalue weighted by Crippen LogP contribution is 2.28. The summed E-state index contributed by atoms with van der Waals surface area (Å²) in [5, 5.41) is 3.00. The maximum atomic E-state index is 12.4. The van der Waals surface area contributed by atoms with Gasteiger partial charge in [-0.25, -0.2) is 4.98 Å². The molecule has 1 amide bonds. The minimum absolute atomic E-state index is 0.0177. The largest absolute Gasteiger partial charge is 0.496 e. The number of nitrogens with zero attached hydrogens (tertiary/aromatic N) is 2. The molecule has 1 aliphatic heterocycles. The number of hydrogen-bond donors (Lipinski definition) is 1. The number of para-hydroxylation sites is 3. The highest BCUT2D eigenvalue weighted by molar-refractivity contribution is 5.78. The van der Waals surface area contributed by atoms with Crippen molar-refractivity contribution in [2.45, 2.75) is 25.3 Å². The number of oxazole rings is 1. The molecular weight excluding hydrogens is 354 g/mol. The van der Waals surface area contributed by atoms with Crippen LogP contribution < -0.4 is 10.1 Å². The highest BCUT2D eigenvalue weighted by atomic mass is 16.5. The molecule has 6 nitrogen and oxygen atoms in total.